The Hall–Kier alpha value is -1.66. The predicted molar refractivity (Wildman–Crippen MR) is 63.3 cm³/mol. The summed E-state index contributed by atoms with van der Waals surface area (Å²) in [5.41, 5.74) is 1.28. The second kappa shape index (κ2) is 4.68. The first-order chi connectivity index (χ1) is 8.08. The van der Waals surface area contributed by atoms with Crippen molar-refractivity contribution in [2.24, 2.45) is 0 Å². The summed E-state index contributed by atoms with van der Waals surface area (Å²) in [4.78, 5) is 15.6. The van der Waals surface area contributed by atoms with Crippen LogP contribution >= 0.6 is 23.2 Å². The molecule has 1 amide bonds. The van der Waals surface area contributed by atoms with Gasteiger partial charge >= 0.3 is 0 Å². The van der Waals surface area contributed by atoms with Crippen molar-refractivity contribution in [1.82, 2.24) is 20.4 Å². The summed E-state index contributed by atoms with van der Waals surface area (Å²) in [6.45, 7) is 1.76. The average Bonchev–Trinajstić information content (AvgIpc) is 2.76. The number of carbonyl (C=O) groups is 1. The smallest absolute Gasteiger partial charge is 0.277 e. The van der Waals surface area contributed by atoms with Gasteiger partial charge in [0, 0.05) is 0 Å². The Morgan fingerprint density at radius 3 is 2.82 bits per heavy atom. The maximum atomic E-state index is 11.7. The fourth-order valence-corrected chi connectivity index (χ4v) is 1.81. The molecule has 0 aromatic carbocycles. The molecule has 2 rings (SSSR count). The first kappa shape index (κ1) is 11.8. The van der Waals surface area contributed by atoms with E-state index in [-0.39, 0.29) is 16.0 Å². The summed E-state index contributed by atoms with van der Waals surface area (Å²) in [7, 11) is 0. The molecule has 0 bridgehead atoms. The molecule has 6 nitrogen and oxygen atoms in total. The number of pyridine rings is 1. The minimum absolute atomic E-state index is 0.131. The van der Waals surface area contributed by atoms with Crippen LogP contribution in [0.25, 0.3) is 0 Å². The first-order valence-corrected chi connectivity index (χ1v) is 5.33. The van der Waals surface area contributed by atoms with E-state index in [9.17, 15) is 4.79 Å². The number of nitrogens with one attached hydrogen (secondary N) is 2. The molecular weight excluding hydrogens is 265 g/mol. The van der Waals surface area contributed by atoms with Crippen molar-refractivity contribution in [3.63, 3.8) is 0 Å². The number of nitrogens with zero attached hydrogens (tertiary/aromatic N) is 3. The van der Waals surface area contributed by atoms with E-state index in [1.165, 1.54) is 6.20 Å². The van der Waals surface area contributed by atoms with Gasteiger partial charge in [0.25, 0.3) is 5.91 Å². The maximum absolute atomic E-state index is 11.7. The Morgan fingerprint density at radius 2 is 2.24 bits per heavy atom. The molecule has 0 aliphatic heterocycles. The van der Waals surface area contributed by atoms with Gasteiger partial charge in [-0.25, -0.2) is 4.98 Å². The highest BCUT2D eigenvalue weighted by Gasteiger charge is 2.14. The van der Waals surface area contributed by atoms with Crippen molar-refractivity contribution in [3.05, 3.63) is 33.8 Å². The number of anilines is 1. The summed E-state index contributed by atoms with van der Waals surface area (Å²) in [5.74, 6) is -0.423. The Morgan fingerprint density at radius 1 is 1.47 bits per heavy atom. The third kappa shape index (κ3) is 2.54. The molecule has 2 aromatic heterocycles. The molecule has 0 aliphatic carbocycles. The summed E-state index contributed by atoms with van der Waals surface area (Å²) < 4.78 is 0. The summed E-state index contributed by atoms with van der Waals surface area (Å²) in [6, 6.07) is 1.60. The van der Waals surface area contributed by atoms with Crippen LogP contribution in [0.5, 0.6) is 0 Å². The second-order valence-electron chi connectivity index (χ2n) is 3.24. The topological polar surface area (TPSA) is 83.6 Å². The van der Waals surface area contributed by atoms with Gasteiger partial charge in [-0.05, 0) is 18.6 Å². The van der Waals surface area contributed by atoms with Crippen LogP contribution in [0, 0.1) is 6.92 Å². The SMILES string of the molecule is Cc1cc(Cl)nc(Cl)c1NC(=O)c1cn[nH]n1. The molecule has 2 aromatic rings. The normalized spacial score (nSPS) is 10.3. The molecule has 2 heterocycles. The molecule has 0 fully saturated rings. The van der Waals surface area contributed by atoms with E-state index in [4.69, 9.17) is 23.2 Å². The molecule has 0 spiro atoms. The average molecular weight is 272 g/mol. The van der Waals surface area contributed by atoms with E-state index in [2.05, 4.69) is 25.7 Å². The van der Waals surface area contributed by atoms with Gasteiger partial charge in [0.05, 0.1) is 11.9 Å². The van der Waals surface area contributed by atoms with Crippen molar-refractivity contribution in [2.45, 2.75) is 6.92 Å². The van der Waals surface area contributed by atoms with E-state index in [1.54, 1.807) is 13.0 Å². The van der Waals surface area contributed by atoms with Gasteiger partial charge in [0.2, 0.25) is 0 Å². The van der Waals surface area contributed by atoms with Crippen molar-refractivity contribution < 1.29 is 4.79 Å². The predicted octanol–water partition coefficient (Wildman–Crippen LogP) is 2.07. The maximum Gasteiger partial charge on any atom is 0.277 e. The van der Waals surface area contributed by atoms with Gasteiger partial charge in [0.1, 0.15) is 5.15 Å². The van der Waals surface area contributed by atoms with E-state index in [0.717, 1.165) is 0 Å². The summed E-state index contributed by atoms with van der Waals surface area (Å²) >= 11 is 11.6. The van der Waals surface area contributed by atoms with Crippen LogP contribution in [0.2, 0.25) is 10.3 Å². The molecule has 8 heteroatoms. The van der Waals surface area contributed by atoms with Crippen molar-refractivity contribution in [1.29, 1.82) is 0 Å². The van der Waals surface area contributed by atoms with E-state index in [0.29, 0.717) is 11.3 Å². The van der Waals surface area contributed by atoms with Gasteiger partial charge in [-0.3, -0.25) is 4.79 Å². The molecule has 0 radical (unpaired) electrons. The number of aromatic nitrogens is 4. The van der Waals surface area contributed by atoms with Gasteiger partial charge in [0.15, 0.2) is 10.8 Å². The summed E-state index contributed by atoms with van der Waals surface area (Å²) in [5, 5.41) is 12.5. The molecule has 0 saturated heterocycles. The third-order valence-corrected chi connectivity index (χ3v) is 2.49. The van der Waals surface area contributed by atoms with Crippen molar-refractivity contribution >= 4 is 34.8 Å². The highest BCUT2D eigenvalue weighted by molar-refractivity contribution is 6.35. The number of hydrogen-bond donors (Lipinski definition) is 2. The van der Waals surface area contributed by atoms with Gasteiger partial charge in [-0.2, -0.15) is 15.4 Å². The zero-order valence-corrected chi connectivity index (χ0v) is 10.2. The second-order valence-corrected chi connectivity index (χ2v) is 3.98. The van der Waals surface area contributed by atoms with Crippen LogP contribution in [-0.4, -0.2) is 26.3 Å². The fraction of sp³-hybridized carbons (Fsp3) is 0.111. The van der Waals surface area contributed by atoms with Crippen LogP contribution in [0.4, 0.5) is 5.69 Å². The van der Waals surface area contributed by atoms with Crippen molar-refractivity contribution in [2.75, 3.05) is 5.32 Å². The monoisotopic (exact) mass is 271 g/mol. The van der Waals surface area contributed by atoms with Crippen LogP contribution in [0.3, 0.4) is 0 Å². The zero-order valence-electron chi connectivity index (χ0n) is 8.66. The number of H-pyrrole nitrogens is 1. The minimum Gasteiger partial charge on any atom is -0.318 e. The quantitative estimate of drug-likeness (QED) is 0.819. The highest BCUT2D eigenvalue weighted by Crippen LogP contribution is 2.26. The first-order valence-electron chi connectivity index (χ1n) is 4.57. The van der Waals surface area contributed by atoms with Crippen LogP contribution in [0.1, 0.15) is 16.1 Å². The van der Waals surface area contributed by atoms with E-state index in [1.807, 2.05) is 0 Å². The molecular formula is C9H7Cl2N5O. The Balaban J connectivity index is 2.28. The Labute approximate surface area is 106 Å². The molecule has 0 saturated carbocycles. The number of aromatic amines is 1. The highest BCUT2D eigenvalue weighted by atomic mass is 35.5. The lowest BCUT2D eigenvalue weighted by molar-refractivity contribution is 0.102. The standard InChI is InChI=1S/C9H7Cl2N5O/c1-4-2-6(10)13-8(11)7(4)14-9(17)5-3-12-16-15-5/h2-3H,1H3,(H,14,17)(H,12,15,16). The Kier molecular flexibility index (Phi) is 3.26. The fourth-order valence-electron chi connectivity index (χ4n) is 1.23. The molecule has 0 aliphatic rings. The van der Waals surface area contributed by atoms with Gasteiger partial charge in [-0.15, -0.1) is 0 Å². The number of carbonyl (C=O) groups excluding carboxylic acids is 1. The number of amides is 1. The number of hydrogen-bond acceptors (Lipinski definition) is 4. The minimum atomic E-state index is -0.423. The number of halogens is 2. The molecule has 17 heavy (non-hydrogen) atoms. The van der Waals surface area contributed by atoms with Crippen molar-refractivity contribution in [3.8, 4) is 0 Å². The van der Waals surface area contributed by atoms with Gasteiger partial charge < -0.3 is 5.32 Å². The van der Waals surface area contributed by atoms with E-state index < -0.39 is 5.91 Å². The number of aryl methyl sites for hydroxylation is 1. The lowest BCUT2D eigenvalue weighted by Gasteiger charge is -2.08. The molecule has 88 valence electrons. The number of rotatable bonds is 2. The Bertz CT molecular complexity index is 532. The third-order valence-electron chi connectivity index (χ3n) is 2.03. The lowest BCUT2D eigenvalue weighted by Crippen LogP contribution is -2.14. The lowest BCUT2D eigenvalue weighted by atomic mass is 10.2. The zero-order chi connectivity index (χ0) is 12.4. The van der Waals surface area contributed by atoms with Gasteiger partial charge in [-0.1, -0.05) is 23.2 Å². The van der Waals surface area contributed by atoms with Crippen LogP contribution in [-0.2, 0) is 0 Å². The van der Waals surface area contributed by atoms with Crippen LogP contribution < -0.4 is 5.32 Å². The molecule has 2 N–H and O–H groups in total. The molecule has 0 unspecified atom stereocenters. The van der Waals surface area contributed by atoms with E-state index >= 15 is 0 Å². The van der Waals surface area contributed by atoms with Crippen LogP contribution in [0.15, 0.2) is 12.3 Å². The largest absolute Gasteiger partial charge is 0.318 e. The summed E-state index contributed by atoms with van der Waals surface area (Å²) in [6.07, 6.45) is 1.31. The molecule has 0 atom stereocenters.